The van der Waals surface area contributed by atoms with E-state index in [0.717, 1.165) is 58.8 Å². The number of piperidine rings is 1. The number of amides is 1. The molecule has 1 aromatic rings. The summed E-state index contributed by atoms with van der Waals surface area (Å²) in [5.74, 6) is -5.13. The number of fused-ring (bicyclic) bond motifs is 1. The highest BCUT2D eigenvalue weighted by Crippen LogP contribution is 2.33. The minimum atomic E-state index is -5.08. The summed E-state index contributed by atoms with van der Waals surface area (Å²) in [5.41, 5.74) is 0. The van der Waals surface area contributed by atoms with Crippen LogP contribution in [0.2, 0.25) is 0 Å². The number of rotatable bonds is 4. The van der Waals surface area contributed by atoms with E-state index >= 15 is 0 Å². The van der Waals surface area contributed by atoms with Crippen molar-refractivity contribution in [2.24, 2.45) is 0 Å². The van der Waals surface area contributed by atoms with Crippen molar-refractivity contribution in [2.75, 3.05) is 50.8 Å². The highest BCUT2D eigenvalue weighted by Gasteiger charge is 2.44. The number of aromatic nitrogens is 2. The molecular weight excluding hydrogens is 551 g/mol. The van der Waals surface area contributed by atoms with Crippen LogP contribution in [0.15, 0.2) is 12.4 Å². The molecule has 18 heteroatoms. The number of alkyl halides is 6. The number of morpholine rings is 1. The Kier molecular flexibility index (Phi) is 11.2. The number of carboxylic acids is 2. The molecule has 3 aliphatic heterocycles. The van der Waals surface area contributed by atoms with Gasteiger partial charge in [0.2, 0.25) is 11.9 Å². The lowest BCUT2D eigenvalue weighted by molar-refractivity contribution is -0.193. The van der Waals surface area contributed by atoms with Crippen LogP contribution >= 0.6 is 0 Å². The van der Waals surface area contributed by atoms with E-state index in [1.54, 1.807) is 0 Å². The average molecular weight is 577 g/mol. The second-order valence-corrected chi connectivity index (χ2v) is 8.50. The van der Waals surface area contributed by atoms with Crippen LogP contribution in [-0.4, -0.2) is 118 Å². The number of nitrogens with zero attached hydrogens (tertiary/aromatic N) is 5. The third kappa shape index (κ3) is 9.76. The Morgan fingerprint density at radius 3 is 1.90 bits per heavy atom. The number of hydrogen-bond donors (Lipinski definition) is 2. The predicted octanol–water partition coefficient (Wildman–Crippen LogP) is 1.78. The summed E-state index contributed by atoms with van der Waals surface area (Å²) in [6.07, 6.45) is -5.46. The van der Waals surface area contributed by atoms with E-state index in [4.69, 9.17) is 24.5 Å². The van der Waals surface area contributed by atoms with Crippen LogP contribution in [-0.2, 0) is 19.1 Å². The summed E-state index contributed by atoms with van der Waals surface area (Å²) in [6, 6.07) is 0.434. The van der Waals surface area contributed by atoms with Gasteiger partial charge in [-0.25, -0.2) is 23.9 Å². The summed E-state index contributed by atoms with van der Waals surface area (Å²) in [5, 5.41) is 14.2. The topological polar surface area (TPSA) is 136 Å². The Hall–Kier alpha value is -3.28. The molecule has 1 aromatic heterocycles. The maximum atomic E-state index is 13.1. The Bertz CT molecular complexity index is 949. The van der Waals surface area contributed by atoms with Crippen LogP contribution in [0.4, 0.5) is 36.7 Å². The van der Waals surface area contributed by atoms with Crippen LogP contribution in [0.1, 0.15) is 19.3 Å². The Morgan fingerprint density at radius 1 is 0.897 bits per heavy atom. The van der Waals surface area contributed by atoms with Crippen molar-refractivity contribution >= 4 is 23.8 Å². The first-order valence-electron chi connectivity index (χ1n) is 11.5. The third-order valence-corrected chi connectivity index (χ3v) is 5.99. The van der Waals surface area contributed by atoms with Crippen molar-refractivity contribution in [1.82, 2.24) is 19.8 Å². The number of hydrogen-bond acceptors (Lipinski definition) is 8. The first-order chi connectivity index (χ1) is 18.1. The zero-order valence-corrected chi connectivity index (χ0v) is 20.3. The highest BCUT2D eigenvalue weighted by molar-refractivity contribution is 5.78. The predicted molar refractivity (Wildman–Crippen MR) is 117 cm³/mol. The number of halogens is 7. The lowest BCUT2D eigenvalue weighted by Crippen LogP contribution is -2.54. The molecule has 220 valence electrons. The van der Waals surface area contributed by atoms with Gasteiger partial charge < -0.3 is 24.7 Å². The molecule has 3 aliphatic rings. The Morgan fingerprint density at radius 2 is 1.41 bits per heavy atom. The number of aliphatic carboxylic acids is 2. The molecule has 4 rings (SSSR count). The number of likely N-dealkylation sites (tertiary alicyclic amines) is 1. The summed E-state index contributed by atoms with van der Waals surface area (Å²) < 4.78 is 81.9. The zero-order chi connectivity index (χ0) is 29.4. The van der Waals surface area contributed by atoms with Gasteiger partial charge in [0, 0.05) is 39.1 Å². The van der Waals surface area contributed by atoms with Gasteiger partial charge >= 0.3 is 24.3 Å². The molecule has 3 saturated heterocycles. The molecule has 2 N–H and O–H groups in total. The monoisotopic (exact) mass is 577 g/mol. The quantitative estimate of drug-likeness (QED) is 0.510. The lowest BCUT2D eigenvalue weighted by atomic mass is 9.96. The van der Waals surface area contributed by atoms with Crippen LogP contribution in [0.5, 0.6) is 0 Å². The van der Waals surface area contributed by atoms with E-state index in [2.05, 4.69) is 19.8 Å². The molecule has 0 aromatic carbocycles. The fraction of sp³-hybridized carbons (Fsp3) is 0.667. The minimum Gasteiger partial charge on any atom is -0.475 e. The summed E-state index contributed by atoms with van der Waals surface area (Å²) in [6.45, 7) is 5.88. The molecule has 39 heavy (non-hydrogen) atoms. The maximum absolute atomic E-state index is 13.1. The van der Waals surface area contributed by atoms with Gasteiger partial charge in [-0.2, -0.15) is 26.3 Å². The van der Waals surface area contributed by atoms with Crippen molar-refractivity contribution in [3.8, 4) is 0 Å². The van der Waals surface area contributed by atoms with E-state index in [1.165, 1.54) is 12.4 Å². The standard InChI is InChI=1S/C17H24FN5O2.2C2HF3O2/c18-13-11-19-17(20-12-13)23-4-3-15-14(23)1-2-16(24)22(15)6-5-21-7-9-25-10-8-21;2*3-2(4,5)1(6)7/h11-12,14-15H,1-10H2;2*(H,6,7)/t14-,15-;;/m0../s1. The van der Waals surface area contributed by atoms with Crippen molar-refractivity contribution in [1.29, 1.82) is 0 Å². The molecule has 11 nitrogen and oxygen atoms in total. The van der Waals surface area contributed by atoms with Crippen molar-refractivity contribution in [3.63, 3.8) is 0 Å². The van der Waals surface area contributed by atoms with Gasteiger partial charge in [-0.3, -0.25) is 9.69 Å². The number of ether oxygens (including phenoxy) is 1. The van der Waals surface area contributed by atoms with E-state index in [9.17, 15) is 35.5 Å². The van der Waals surface area contributed by atoms with Gasteiger partial charge in [-0.05, 0) is 12.8 Å². The van der Waals surface area contributed by atoms with Crippen LogP contribution in [0.3, 0.4) is 0 Å². The van der Waals surface area contributed by atoms with Gasteiger partial charge in [-0.1, -0.05) is 0 Å². The summed E-state index contributed by atoms with van der Waals surface area (Å²) in [7, 11) is 0. The molecule has 4 heterocycles. The molecule has 0 unspecified atom stereocenters. The van der Waals surface area contributed by atoms with Crippen LogP contribution in [0.25, 0.3) is 0 Å². The van der Waals surface area contributed by atoms with Crippen molar-refractivity contribution < 1.29 is 60.1 Å². The van der Waals surface area contributed by atoms with Gasteiger partial charge in [0.05, 0.1) is 37.7 Å². The fourth-order valence-corrected chi connectivity index (χ4v) is 4.22. The molecule has 0 aliphatic carbocycles. The molecule has 0 saturated carbocycles. The highest BCUT2D eigenvalue weighted by atomic mass is 19.4. The molecular formula is C21H26F7N5O6. The molecule has 0 radical (unpaired) electrons. The maximum Gasteiger partial charge on any atom is 0.490 e. The van der Waals surface area contributed by atoms with Gasteiger partial charge in [0.25, 0.3) is 0 Å². The van der Waals surface area contributed by atoms with Gasteiger partial charge in [-0.15, -0.1) is 0 Å². The Balaban J connectivity index is 0.000000317. The average Bonchev–Trinajstić information content (AvgIpc) is 3.28. The van der Waals surface area contributed by atoms with Gasteiger partial charge in [0.15, 0.2) is 5.82 Å². The molecule has 0 bridgehead atoms. The second kappa shape index (κ2) is 13.7. The van der Waals surface area contributed by atoms with E-state index < -0.39 is 30.1 Å². The number of carboxylic acid groups (broad SMARTS) is 2. The molecule has 1 amide bonds. The van der Waals surface area contributed by atoms with Gasteiger partial charge in [0.1, 0.15) is 0 Å². The number of anilines is 1. The smallest absolute Gasteiger partial charge is 0.475 e. The van der Waals surface area contributed by atoms with Crippen LogP contribution in [0, 0.1) is 5.82 Å². The molecule has 0 spiro atoms. The third-order valence-electron chi connectivity index (χ3n) is 5.99. The first-order valence-corrected chi connectivity index (χ1v) is 11.5. The number of carbonyl (C=O) groups excluding carboxylic acids is 1. The zero-order valence-electron chi connectivity index (χ0n) is 20.3. The normalized spacial score (nSPS) is 21.8. The Labute approximate surface area is 217 Å². The fourth-order valence-electron chi connectivity index (χ4n) is 4.22. The van der Waals surface area contributed by atoms with Crippen molar-refractivity contribution in [3.05, 3.63) is 18.2 Å². The minimum absolute atomic E-state index is 0.205. The summed E-state index contributed by atoms with van der Waals surface area (Å²) in [4.78, 5) is 45.1. The lowest BCUT2D eigenvalue weighted by Gasteiger charge is -2.40. The molecule has 3 fully saturated rings. The van der Waals surface area contributed by atoms with E-state index in [-0.39, 0.29) is 18.0 Å². The van der Waals surface area contributed by atoms with Crippen molar-refractivity contribution in [2.45, 2.75) is 43.7 Å². The molecule has 2 atom stereocenters. The van der Waals surface area contributed by atoms with Crippen LogP contribution < -0.4 is 4.90 Å². The first kappa shape index (κ1) is 31.9. The van der Waals surface area contributed by atoms with E-state index in [0.29, 0.717) is 12.4 Å². The van der Waals surface area contributed by atoms with E-state index in [1.807, 2.05) is 4.90 Å². The largest absolute Gasteiger partial charge is 0.490 e. The summed E-state index contributed by atoms with van der Waals surface area (Å²) >= 11 is 0. The number of carbonyl (C=O) groups is 3. The SMILES string of the molecule is O=C(O)C(F)(F)F.O=C(O)C(F)(F)F.O=C1CC[C@H]2[C@H](CCN2c2ncc(F)cn2)N1CCN1CCOCC1. The second-order valence-electron chi connectivity index (χ2n) is 8.50.